The van der Waals surface area contributed by atoms with E-state index in [4.69, 9.17) is 16.3 Å². The van der Waals surface area contributed by atoms with E-state index in [9.17, 15) is 9.59 Å². The van der Waals surface area contributed by atoms with Crippen molar-refractivity contribution in [3.8, 4) is 0 Å². The van der Waals surface area contributed by atoms with Crippen molar-refractivity contribution in [1.29, 1.82) is 0 Å². The lowest BCUT2D eigenvalue weighted by Gasteiger charge is -2.13. The standard InChI is InChI=1S/C19H23ClN4O3/c1-12(27-4)9-10-23-18(25)16-17(22(3)19(23)26)21-13(2)24(16)11-14-5-7-15(20)8-6-14/h5-8,12H,9-11H2,1-4H3. The van der Waals surface area contributed by atoms with E-state index in [0.29, 0.717) is 41.5 Å². The second-order valence-corrected chi connectivity index (χ2v) is 7.11. The minimum absolute atomic E-state index is 0.0435. The van der Waals surface area contributed by atoms with Gasteiger partial charge in [-0.05, 0) is 38.0 Å². The number of hydrogen-bond acceptors (Lipinski definition) is 4. The predicted octanol–water partition coefficient (Wildman–Crippen LogP) is 2.33. The maximum absolute atomic E-state index is 13.1. The number of aromatic nitrogens is 4. The van der Waals surface area contributed by atoms with Crippen LogP contribution in [0.4, 0.5) is 0 Å². The fraction of sp³-hybridized carbons (Fsp3) is 0.421. The number of rotatable bonds is 6. The third-order valence-electron chi connectivity index (χ3n) is 4.84. The number of hydrogen-bond donors (Lipinski definition) is 0. The van der Waals surface area contributed by atoms with E-state index in [1.165, 1.54) is 9.13 Å². The summed E-state index contributed by atoms with van der Waals surface area (Å²) in [5, 5.41) is 0.656. The van der Waals surface area contributed by atoms with Gasteiger partial charge in [0.15, 0.2) is 11.2 Å². The summed E-state index contributed by atoms with van der Waals surface area (Å²) in [7, 11) is 3.25. The number of aryl methyl sites for hydroxylation is 2. The fourth-order valence-electron chi connectivity index (χ4n) is 3.07. The Morgan fingerprint density at radius 3 is 2.48 bits per heavy atom. The Balaban J connectivity index is 2.13. The van der Waals surface area contributed by atoms with Gasteiger partial charge in [0, 0.05) is 32.3 Å². The average molecular weight is 391 g/mol. The predicted molar refractivity (Wildman–Crippen MR) is 106 cm³/mol. The molecule has 2 aromatic heterocycles. The Morgan fingerprint density at radius 2 is 1.85 bits per heavy atom. The second-order valence-electron chi connectivity index (χ2n) is 6.68. The van der Waals surface area contributed by atoms with Gasteiger partial charge in [-0.2, -0.15) is 0 Å². The number of ether oxygens (including phenoxy) is 1. The zero-order valence-corrected chi connectivity index (χ0v) is 16.7. The van der Waals surface area contributed by atoms with Gasteiger partial charge >= 0.3 is 5.69 Å². The molecule has 0 radical (unpaired) electrons. The Bertz CT molecular complexity index is 1080. The molecule has 8 heteroatoms. The molecule has 0 aliphatic heterocycles. The van der Waals surface area contributed by atoms with Gasteiger partial charge in [0.05, 0.1) is 6.10 Å². The Morgan fingerprint density at radius 1 is 1.19 bits per heavy atom. The van der Waals surface area contributed by atoms with Crippen molar-refractivity contribution in [2.45, 2.75) is 39.5 Å². The molecule has 0 spiro atoms. The van der Waals surface area contributed by atoms with Crippen LogP contribution in [0, 0.1) is 6.92 Å². The third-order valence-corrected chi connectivity index (χ3v) is 5.09. The molecule has 0 bridgehead atoms. The first-order chi connectivity index (χ1) is 12.8. The molecule has 0 aliphatic rings. The van der Waals surface area contributed by atoms with Gasteiger partial charge in [-0.3, -0.25) is 13.9 Å². The lowest BCUT2D eigenvalue weighted by molar-refractivity contribution is 0.106. The number of fused-ring (bicyclic) bond motifs is 1. The van der Waals surface area contributed by atoms with E-state index in [-0.39, 0.29) is 17.4 Å². The molecular weight excluding hydrogens is 368 g/mol. The maximum atomic E-state index is 13.1. The third kappa shape index (κ3) is 3.70. The van der Waals surface area contributed by atoms with Crippen LogP contribution in [0.15, 0.2) is 33.9 Å². The van der Waals surface area contributed by atoms with Crippen molar-refractivity contribution >= 4 is 22.8 Å². The summed E-state index contributed by atoms with van der Waals surface area (Å²) >= 11 is 5.96. The highest BCUT2D eigenvalue weighted by Crippen LogP contribution is 2.15. The Kier molecular flexibility index (Phi) is 5.53. The van der Waals surface area contributed by atoms with Crippen molar-refractivity contribution in [3.05, 3.63) is 61.5 Å². The lowest BCUT2D eigenvalue weighted by Crippen LogP contribution is -2.40. The number of imidazole rings is 1. The summed E-state index contributed by atoms with van der Waals surface area (Å²) in [5.74, 6) is 0.676. The highest BCUT2D eigenvalue weighted by atomic mass is 35.5. The van der Waals surface area contributed by atoms with Gasteiger partial charge in [-0.1, -0.05) is 23.7 Å². The highest BCUT2D eigenvalue weighted by Gasteiger charge is 2.19. The van der Waals surface area contributed by atoms with Crippen LogP contribution in [0.1, 0.15) is 24.7 Å². The average Bonchev–Trinajstić information content (AvgIpc) is 2.98. The smallest absolute Gasteiger partial charge is 0.332 e. The van der Waals surface area contributed by atoms with Crippen LogP contribution < -0.4 is 11.2 Å². The summed E-state index contributed by atoms with van der Waals surface area (Å²) in [6, 6.07) is 7.44. The van der Waals surface area contributed by atoms with Crippen LogP contribution in [-0.4, -0.2) is 31.9 Å². The van der Waals surface area contributed by atoms with Crippen molar-refractivity contribution in [2.24, 2.45) is 7.05 Å². The van der Waals surface area contributed by atoms with Crippen LogP contribution in [0.3, 0.4) is 0 Å². The van der Waals surface area contributed by atoms with E-state index < -0.39 is 0 Å². The summed E-state index contributed by atoms with van der Waals surface area (Å²) < 4.78 is 9.77. The van der Waals surface area contributed by atoms with Gasteiger partial charge in [-0.25, -0.2) is 9.78 Å². The van der Waals surface area contributed by atoms with Gasteiger partial charge in [0.25, 0.3) is 5.56 Å². The maximum Gasteiger partial charge on any atom is 0.332 e. The molecule has 0 fully saturated rings. The molecule has 0 saturated carbocycles. The van der Waals surface area contributed by atoms with E-state index in [0.717, 1.165) is 5.56 Å². The largest absolute Gasteiger partial charge is 0.382 e. The normalized spacial score (nSPS) is 12.6. The van der Waals surface area contributed by atoms with Crippen LogP contribution in [0.2, 0.25) is 5.02 Å². The molecule has 3 rings (SSSR count). The van der Waals surface area contributed by atoms with Gasteiger partial charge in [0.1, 0.15) is 5.82 Å². The molecule has 27 heavy (non-hydrogen) atoms. The number of methoxy groups -OCH3 is 1. The zero-order chi connectivity index (χ0) is 19.7. The minimum atomic E-state index is -0.369. The van der Waals surface area contributed by atoms with E-state index in [2.05, 4.69) is 4.98 Å². The van der Waals surface area contributed by atoms with Crippen molar-refractivity contribution in [1.82, 2.24) is 18.7 Å². The molecular formula is C19H23ClN4O3. The van der Waals surface area contributed by atoms with Gasteiger partial charge < -0.3 is 9.30 Å². The first-order valence-corrected chi connectivity index (χ1v) is 9.15. The molecule has 0 saturated heterocycles. The van der Waals surface area contributed by atoms with Gasteiger partial charge in [-0.15, -0.1) is 0 Å². The number of nitrogens with zero attached hydrogens (tertiary/aromatic N) is 4. The first kappa shape index (κ1) is 19.4. The van der Waals surface area contributed by atoms with Crippen LogP contribution in [-0.2, 0) is 24.9 Å². The number of halogens is 1. The second kappa shape index (κ2) is 7.70. The minimum Gasteiger partial charge on any atom is -0.382 e. The zero-order valence-electron chi connectivity index (χ0n) is 15.9. The SMILES string of the molecule is COC(C)CCn1c(=O)c2c(nc(C)n2Cc2ccc(Cl)cc2)n(C)c1=O. The van der Waals surface area contributed by atoms with Crippen LogP contribution in [0.5, 0.6) is 0 Å². The van der Waals surface area contributed by atoms with Gasteiger partial charge in [0.2, 0.25) is 0 Å². The topological polar surface area (TPSA) is 71.1 Å². The van der Waals surface area contributed by atoms with Crippen molar-refractivity contribution in [3.63, 3.8) is 0 Å². The van der Waals surface area contributed by atoms with Crippen molar-refractivity contribution in [2.75, 3.05) is 7.11 Å². The molecule has 0 aliphatic carbocycles. The fourth-order valence-corrected chi connectivity index (χ4v) is 3.20. The summed E-state index contributed by atoms with van der Waals surface area (Å²) in [6.45, 7) is 4.50. The molecule has 1 unspecified atom stereocenters. The summed E-state index contributed by atoms with van der Waals surface area (Å²) in [5.41, 5.74) is 1.12. The molecule has 0 amide bonds. The molecule has 0 N–H and O–H groups in total. The van der Waals surface area contributed by atoms with E-state index >= 15 is 0 Å². The van der Waals surface area contributed by atoms with E-state index in [1.54, 1.807) is 14.2 Å². The van der Waals surface area contributed by atoms with Crippen LogP contribution in [0.25, 0.3) is 11.2 Å². The first-order valence-electron chi connectivity index (χ1n) is 8.77. The molecule has 7 nitrogen and oxygen atoms in total. The van der Waals surface area contributed by atoms with E-state index in [1.807, 2.05) is 42.7 Å². The molecule has 144 valence electrons. The lowest BCUT2D eigenvalue weighted by atomic mass is 10.2. The summed E-state index contributed by atoms with van der Waals surface area (Å²) in [4.78, 5) is 30.2. The Labute approximate surface area is 161 Å². The van der Waals surface area contributed by atoms with Crippen molar-refractivity contribution < 1.29 is 4.74 Å². The summed E-state index contributed by atoms with van der Waals surface area (Å²) in [6.07, 6.45) is 0.527. The molecule has 1 atom stereocenters. The Hall–Kier alpha value is -2.38. The highest BCUT2D eigenvalue weighted by molar-refractivity contribution is 6.30. The molecule has 3 aromatic rings. The monoisotopic (exact) mass is 390 g/mol. The number of benzene rings is 1. The molecule has 2 heterocycles. The van der Waals surface area contributed by atoms with Crippen LogP contribution >= 0.6 is 11.6 Å². The quantitative estimate of drug-likeness (QED) is 0.647. The molecule has 1 aromatic carbocycles.